The van der Waals surface area contributed by atoms with E-state index in [1.54, 1.807) is 11.0 Å². The number of aromatic nitrogens is 3. The molecule has 1 amide bonds. The number of hydrogen-bond acceptors (Lipinski definition) is 7. The van der Waals surface area contributed by atoms with E-state index < -0.39 is 0 Å². The largest absolute Gasteiger partial charge is 0.378 e. The van der Waals surface area contributed by atoms with Gasteiger partial charge in [0.1, 0.15) is 0 Å². The third kappa shape index (κ3) is 2.73. The number of hydrogen-bond donors (Lipinski definition) is 0. The predicted molar refractivity (Wildman–Crippen MR) is 84.7 cm³/mol. The van der Waals surface area contributed by atoms with E-state index in [4.69, 9.17) is 14.2 Å². The summed E-state index contributed by atoms with van der Waals surface area (Å²) in [5.41, 5.74) is 2.99. The van der Waals surface area contributed by atoms with Gasteiger partial charge in [-0.1, -0.05) is 5.16 Å². The molecule has 0 aliphatic carbocycles. The Kier molecular flexibility index (Phi) is 3.89. The lowest BCUT2D eigenvalue weighted by molar-refractivity contribution is 0.0690. The second-order valence-electron chi connectivity index (χ2n) is 5.99. The monoisotopic (exact) mass is 329 g/mol. The molecule has 4 heterocycles. The number of fused-ring (bicyclic) bond motifs is 1. The average molecular weight is 329 g/mol. The molecule has 8 nitrogen and oxygen atoms in total. The fraction of sp³-hybridized carbons (Fsp3) is 0.500. The van der Waals surface area contributed by atoms with Crippen molar-refractivity contribution in [2.75, 3.05) is 37.7 Å². The molecule has 24 heavy (non-hydrogen) atoms. The van der Waals surface area contributed by atoms with Crippen LogP contribution in [-0.4, -0.2) is 58.8 Å². The number of nitrogens with zero attached hydrogens (tertiary/aromatic N) is 5. The van der Waals surface area contributed by atoms with E-state index in [-0.39, 0.29) is 11.7 Å². The Balaban J connectivity index is 1.57. The van der Waals surface area contributed by atoms with Crippen LogP contribution in [0, 0.1) is 6.92 Å². The third-order valence-electron chi connectivity index (χ3n) is 4.48. The molecule has 2 aliphatic rings. The molecule has 4 rings (SSSR count). The van der Waals surface area contributed by atoms with Gasteiger partial charge in [0.05, 0.1) is 25.1 Å². The van der Waals surface area contributed by atoms with Gasteiger partial charge in [-0.3, -0.25) is 4.79 Å². The van der Waals surface area contributed by atoms with Crippen molar-refractivity contribution in [1.29, 1.82) is 0 Å². The molecule has 2 aromatic heterocycles. The zero-order valence-corrected chi connectivity index (χ0v) is 13.6. The van der Waals surface area contributed by atoms with E-state index in [0.29, 0.717) is 26.3 Å². The molecule has 2 aliphatic heterocycles. The van der Waals surface area contributed by atoms with Gasteiger partial charge in [-0.2, -0.15) is 0 Å². The fourth-order valence-corrected chi connectivity index (χ4v) is 3.12. The summed E-state index contributed by atoms with van der Waals surface area (Å²) >= 11 is 0. The first-order valence-corrected chi connectivity index (χ1v) is 8.11. The maximum absolute atomic E-state index is 12.4. The van der Waals surface area contributed by atoms with Gasteiger partial charge in [0.25, 0.3) is 5.91 Å². The molecular formula is C16H19N5O3. The van der Waals surface area contributed by atoms with E-state index in [0.717, 1.165) is 42.4 Å². The molecule has 1 saturated heterocycles. The second-order valence-corrected chi connectivity index (χ2v) is 5.99. The van der Waals surface area contributed by atoms with Crippen LogP contribution in [0.15, 0.2) is 16.8 Å². The maximum atomic E-state index is 12.4. The molecule has 0 spiro atoms. The molecule has 0 saturated carbocycles. The van der Waals surface area contributed by atoms with Crippen molar-refractivity contribution >= 4 is 11.9 Å². The summed E-state index contributed by atoms with van der Waals surface area (Å²) < 4.78 is 10.4. The van der Waals surface area contributed by atoms with Crippen molar-refractivity contribution in [3.8, 4) is 0 Å². The smallest absolute Gasteiger partial charge is 0.292 e. The predicted octanol–water partition coefficient (Wildman–Crippen LogP) is 0.808. The van der Waals surface area contributed by atoms with Crippen molar-refractivity contribution < 1.29 is 14.1 Å². The number of anilines is 1. The number of morpholine rings is 1. The number of amides is 1. The normalized spacial score (nSPS) is 17.7. The highest BCUT2D eigenvalue weighted by Crippen LogP contribution is 2.24. The van der Waals surface area contributed by atoms with Crippen molar-refractivity contribution in [2.24, 2.45) is 0 Å². The summed E-state index contributed by atoms with van der Waals surface area (Å²) in [5, 5.41) is 3.60. The molecule has 0 atom stereocenters. The third-order valence-corrected chi connectivity index (χ3v) is 4.48. The summed E-state index contributed by atoms with van der Waals surface area (Å²) in [7, 11) is 0. The Morgan fingerprint density at radius 2 is 2.04 bits per heavy atom. The summed E-state index contributed by atoms with van der Waals surface area (Å²) in [6.07, 6.45) is 2.20. The van der Waals surface area contributed by atoms with Crippen LogP contribution in [0.3, 0.4) is 0 Å². The van der Waals surface area contributed by atoms with Crippen LogP contribution in [0.2, 0.25) is 0 Å². The first-order chi connectivity index (χ1) is 11.7. The molecule has 0 radical (unpaired) electrons. The topological polar surface area (TPSA) is 84.6 Å². The van der Waals surface area contributed by atoms with Gasteiger partial charge in [-0.25, -0.2) is 9.97 Å². The van der Waals surface area contributed by atoms with Crippen molar-refractivity contribution in [1.82, 2.24) is 20.0 Å². The van der Waals surface area contributed by atoms with Crippen LogP contribution < -0.4 is 4.90 Å². The molecule has 0 bridgehead atoms. The quantitative estimate of drug-likeness (QED) is 0.806. The molecule has 126 valence electrons. The molecule has 2 aromatic rings. The Labute approximate surface area is 139 Å². The Hall–Kier alpha value is -2.48. The number of carbonyl (C=O) groups is 1. The van der Waals surface area contributed by atoms with E-state index in [1.807, 2.05) is 6.92 Å². The zero-order valence-electron chi connectivity index (χ0n) is 13.6. The SMILES string of the molecule is Cc1nc(N2CCOCC2)nc2c1CN(C(=O)c1ccno1)CC2. The van der Waals surface area contributed by atoms with Crippen molar-refractivity contribution in [2.45, 2.75) is 19.9 Å². The van der Waals surface area contributed by atoms with Crippen LogP contribution in [0.25, 0.3) is 0 Å². The second kappa shape index (κ2) is 6.20. The number of rotatable bonds is 2. The molecule has 0 aromatic carbocycles. The highest BCUT2D eigenvalue weighted by atomic mass is 16.5. The first-order valence-electron chi connectivity index (χ1n) is 8.11. The Morgan fingerprint density at radius 3 is 2.79 bits per heavy atom. The van der Waals surface area contributed by atoms with Gasteiger partial charge >= 0.3 is 0 Å². The van der Waals surface area contributed by atoms with Gasteiger partial charge in [-0.15, -0.1) is 0 Å². The van der Waals surface area contributed by atoms with Gasteiger partial charge in [0, 0.05) is 49.9 Å². The number of carbonyl (C=O) groups excluding carboxylic acids is 1. The van der Waals surface area contributed by atoms with Crippen LogP contribution in [-0.2, 0) is 17.7 Å². The molecule has 0 N–H and O–H groups in total. The van der Waals surface area contributed by atoms with E-state index in [9.17, 15) is 4.79 Å². The van der Waals surface area contributed by atoms with E-state index in [2.05, 4.69) is 15.0 Å². The summed E-state index contributed by atoms with van der Waals surface area (Å²) in [6.45, 7) is 6.14. The summed E-state index contributed by atoms with van der Waals surface area (Å²) in [4.78, 5) is 25.7. The minimum Gasteiger partial charge on any atom is -0.378 e. The van der Waals surface area contributed by atoms with Crippen LogP contribution in [0.5, 0.6) is 0 Å². The lowest BCUT2D eigenvalue weighted by Gasteiger charge is -2.31. The fourth-order valence-electron chi connectivity index (χ4n) is 3.12. The lowest BCUT2D eigenvalue weighted by Crippen LogP contribution is -2.39. The summed E-state index contributed by atoms with van der Waals surface area (Å²) in [6, 6.07) is 1.59. The van der Waals surface area contributed by atoms with E-state index in [1.165, 1.54) is 6.20 Å². The lowest BCUT2D eigenvalue weighted by atomic mass is 10.0. The van der Waals surface area contributed by atoms with Crippen molar-refractivity contribution in [3.63, 3.8) is 0 Å². The molecular weight excluding hydrogens is 310 g/mol. The Morgan fingerprint density at radius 1 is 1.21 bits per heavy atom. The first kappa shape index (κ1) is 15.1. The molecule has 1 fully saturated rings. The number of ether oxygens (including phenoxy) is 1. The number of aryl methyl sites for hydroxylation is 1. The van der Waals surface area contributed by atoms with Crippen molar-refractivity contribution in [3.05, 3.63) is 35.0 Å². The summed E-state index contributed by atoms with van der Waals surface area (Å²) in [5.74, 6) is 0.890. The van der Waals surface area contributed by atoms with Gasteiger partial charge in [0.2, 0.25) is 11.7 Å². The van der Waals surface area contributed by atoms with Gasteiger partial charge in [-0.05, 0) is 6.92 Å². The minimum atomic E-state index is -0.144. The zero-order chi connectivity index (χ0) is 16.5. The van der Waals surface area contributed by atoms with Crippen LogP contribution >= 0.6 is 0 Å². The minimum absolute atomic E-state index is 0.144. The van der Waals surface area contributed by atoms with Crippen LogP contribution in [0.1, 0.15) is 27.5 Å². The van der Waals surface area contributed by atoms with Crippen LogP contribution in [0.4, 0.5) is 5.95 Å². The van der Waals surface area contributed by atoms with Gasteiger partial charge < -0.3 is 19.1 Å². The Bertz CT molecular complexity index is 740. The molecule has 0 unspecified atom stereocenters. The molecule has 8 heteroatoms. The van der Waals surface area contributed by atoms with Gasteiger partial charge in [0.15, 0.2) is 0 Å². The highest BCUT2D eigenvalue weighted by Gasteiger charge is 2.27. The average Bonchev–Trinajstić information content (AvgIpc) is 3.16. The maximum Gasteiger partial charge on any atom is 0.292 e. The highest BCUT2D eigenvalue weighted by molar-refractivity contribution is 5.91. The van der Waals surface area contributed by atoms with E-state index >= 15 is 0 Å². The standard InChI is InChI=1S/C16H19N5O3/c1-11-12-10-21(15(22)14-2-4-17-24-14)5-3-13(12)19-16(18-11)20-6-8-23-9-7-20/h2,4H,3,5-10H2,1H3.